The summed E-state index contributed by atoms with van der Waals surface area (Å²) in [5, 5.41) is 3.12. The molecule has 100 valence electrons. The zero-order valence-electron chi connectivity index (χ0n) is 10.5. The Hall–Kier alpha value is -1.62. The van der Waals surface area contributed by atoms with Gasteiger partial charge in [-0.1, -0.05) is 0 Å². The van der Waals surface area contributed by atoms with Gasteiger partial charge < -0.3 is 10.1 Å². The molecule has 0 aliphatic heterocycles. The van der Waals surface area contributed by atoms with Crippen LogP contribution in [0.3, 0.4) is 0 Å². The first-order valence-corrected chi connectivity index (χ1v) is 6.75. The lowest BCUT2D eigenvalue weighted by Gasteiger charge is -2.09. The number of nitrogens with zero attached hydrogens (tertiary/aromatic N) is 1. The third-order valence-corrected chi connectivity index (χ3v) is 2.96. The Morgan fingerprint density at radius 1 is 1.32 bits per heavy atom. The molecule has 1 aromatic heterocycles. The minimum atomic E-state index is -0.365. The molecule has 0 amide bonds. The number of anilines is 1. The van der Waals surface area contributed by atoms with Gasteiger partial charge in [0.15, 0.2) is 11.6 Å². The second-order valence-electron chi connectivity index (χ2n) is 3.90. The molecule has 0 aliphatic rings. The van der Waals surface area contributed by atoms with Crippen molar-refractivity contribution in [3.63, 3.8) is 0 Å². The number of halogens is 2. The van der Waals surface area contributed by atoms with Crippen molar-refractivity contribution in [2.75, 3.05) is 11.9 Å². The predicted octanol–water partition coefficient (Wildman–Crippen LogP) is 3.99. The van der Waals surface area contributed by atoms with Crippen molar-refractivity contribution in [2.24, 2.45) is 0 Å². The lowest BCUT2D eigenvalue weighted by atomic mass is 10.2. The molecule has 0 saturated heterocycles. The summed E-state index contributed by atoms with van der Waals surface area (Å²) in [4.78, 5) is 4.23. The van der Waals surface area contributed by atoms with Gasteiger partial charge in [-0.15, -0.1) is 0 Å². The van der Waals surface area contributed by atoms with E-state index in [0.29, 0.717) is 18.8 Å². The number of benzene rings is 1. The van der Waals surface area contributed by atoms with Gasteiger partial charge in [0.2, 0.25) is 0 Å². The lowest BCUT2D eigenvalue weighted by Crippen LogP contribution is -2.02. The van der Waals surface area contributed by atoms with Crippen LogP contribution in [0.2, 0.25) is 0 Å². The molecule has 1 heterocycles. The molecule has 0 saturated carbocycles. The molecule has 1 aromatic carbocycles. The largest absolute Gasteiger partial charge is 0.491 e. The number of aromatic nitrogens is 1. The number of ether oxygens (including phenoxy) is 1. The molecule has 0 bridgehead atoms. The second-order valence-corrected chi connectivity index (χ2v) is 4.82. The first-order valence-electron chi connectivity index (χ1n) is 5.95. The quantitative estimate of drug-likeness (QED) is 0.902. The van der Waals surface area contributed by atoms with E-state index in [2.05, 4.69) is 26.2 Å². The van der Waals surface area contributed by atoms with Crippen LogP contribution >= 0.6 is 15.9 Å². The highest BCUT2D eigenvalue weighted by atomic mass is 79.9. The van der Waals surface area contributed by atoms with Gasteiger partial charge in [0, 0.05) is 22.4 Å². The average molecular weight is 325 g/mol. The highest BCUT2D eigenvalue weighted by Gasteiger charge is 2.04. The van der Waals surface area contributed by atoms with Gasteiger partial charge in [0.25, 0.3) is 0 Å². The van der Waals surface area contributed by atoms with E-state index in [4.69, 9.17) is 4.74 Å². The van der Waals surface area contributed by atoms with Crippen molar-refractivity contribution in [1.82, 2.24) is 4.98 Å². The number of hydrogen-bond donors (Lipinski definition) is 1. The molecule has 0 atom stereocenters. The maximum atomic E-state index is 13.6. The predicted molar refractivity (Wildman–Crippen MR) is 76.8 cm³/mol. The molecule has 0 unspecified atom stereocenters. The van der Waals surface area contributed by atoms with Crippen molar-refractivity contribution in [1.29, 1.82) is 0 Å². The highest BCUT2D eigenvalue weighted by Crippen LogP contribution is 2.21. The van der Waals surface area contributed by atoms with E-state index in [-0.39, 0.29) is 11.6 Å². The molecule has 5 heteroatoms. The third kappa shape index (κ3) is 3.92. The Morgan fingerprint density at radius 2 is 2.16 bits per heavy atom. The van der Waals surface area contributed by atoms with Gasteiger partial charge in [0.1, 0.15) is 0 Å². The monoisotopic (exact) mass is 324 g/mol. The molecule has 1 N–H and O–H groups in total. The minimum absolute atomic E-state index is 0.273. The van der Waals surface area contributed by atoms with Crippen LogP contribution < -0.4 is 10.1 Å². The van der Waals surface area contributed by atoms with E-state index in [0.717, 1.165) is 10.2 Å². The second kappa shape index (κ2) is 6.52. The van der Waals surface area contributed by atoms with Crippen LogP contribution in [-0.4, -0.2) is 11.6 Å². The summed E-state index contributed by atoms with van der Waals surface area (Å²) in [6.07, 6.45) is 1.73. The van der Waals surface area contributed by atoms with Crippen molar-refractivity contribution >= 4 is 21.6 Å². The standard InChI is InChI=1S/C14H14BrFN2O/c1-2-19-14-6-5-11(7-13(14)16)18-9-12-4-3-10(15)8-17-12/h3-8,18H,2,9H2,1H3. The number of hydrogen-bond acceptors (Lipinski definition) is 3. The molecular weight excluding hydrogens is 311 g/mol. The zero-order chi connectivity index (χ0) is 13.7. The summed E-state index contributed by atoms with van der Waals surface area (Å²) in [5.41, 5.74) is 1.59. The van der Waals surface area contributed by atoms with Crippen LogP contribution in [0.4, 0.5) is 10.1 Å². The number of rotatable bonds is 5. The van der Waals surface area contributed by atoms with Crippen LogP contribution in [0.1, 0.15) is 12.6 Å². The smallest absolute Gasteiger partial charge is 0.167 e. The van der Waals surface area contributed by atoms with Crippen molar-refractivity contribution in [3.8, 4) is 5.75 Å². The summed E-state index contributed by atoms with van der Waals surface area (Å²) in [5.74, 6) is -0.0922. The van der Waals surface area contributed by atoms with E-state index in [1.165, 1.54) is 6.07 Å². The summed E-state index contributed by atoms with van der Waals surface area (Å²) in [6, 6.07) is 8.65. The molecule has 0 radical (unpaired) electrons. The van der Waals surface area contributed by atoms with E-state index in [1.807, 2.05) is 19.1 Å². The number of pyridine rings is 1. The molecule has 2 rings (SSSR count). The van der Waals surface area contributed by atoms with Crippen LogP contribution in [0.25, 0.3) is 0 Å². The first kappa shape index (κ1) is 13.8. The van der Waals surface area contributed by atoms with Gasteiger partial charge in [-0.25, -0.2) is 4.39 Å². The molecular formula is C14H14BrFN2O. The summed E-state index contributed by atoms with van der Waals surface area (Å²) < 4.78 is 19.7. The molecule has 3 nitrogen and oxygen atoms in total. The summed E-state index contributed by atoms with van der Waals surface area (Å²) in [7, 11) is 0. The Labute approximate surface area is 119 Å². The third-order valence-electron chi connectivity index (χ3n) is 2.49. The van der Waals surface area contributed by atoms with E-state index in [1.54, 1.807) is 18.3 Å². The van der Waals surface area contributed by atoms with Crippen molar-refractivity contribution in [2.45, 2.75) is 13.5 Å². The van der Waals surface area contributed by atoms with Crippen LogP contribution in [-0.2, 0) is 6.54 Å². The Bertz CT molecular complexity index is 546. The lowest BCUT2D eigenvalue weighted by molar-refractivity contribution is 0.321. The molecule has 2 aromatic rings. The van der Waals surface area contributed by atoms with E-state index in [9.17, 15) is 4.39 Å². The van der Waals surface area contributed by atoms with E-state index >= 15 is 0 Å². The maximum absolute atomic E-state index is 13.6. The maximum Gasteiger partial charge on any atom is 0.167 e. The van der Waals surface area contributed by atoms with Gasteiger partial charge in [-0.3, -0.25) is 4.98 Å². The Balaban J connectivity index is 1.99. The minimum Gasteiger partial charge on any atom is -0.491 e. The van der Waals surface area contributed by atoms with Crippen LogP contribution in [0, 0.1) is 5.82 Å². The topological polar surface area (TPSA) is 34.1 Å². The molecule has 19 heavy (non-hydrogen) atoms. The first-order chi connectivity index (χ1) is 9.19. The fraction of sp³-hybridized carbons (Fsp3) is 0.214. The summed E-state index contributed by atoms with van der Waals surface area (Å²) >= 11 is 3.33. The molecule has 0 aliphatic carbocycles. The van der Waals surface area contributed by atoms with Crippen LogP contribution in [0.15, 0.2) is 41.0 Å². The van der Waals surface area contributed by atoms with Gasteiger partial charge in [-0.05, 0) is 47.1 Å². The van der Waals surface area contributed by atoms with Crippen molar-refractivity contribution < 1.29 is 9.13 Å². The molecule has 0 fully saturated rings. The Kier molecular flexibility index (Phi) is 4.74. The fourth-order valence-electron chi connectivity index (χ4n) is 1.59. The summed E-state index contributed by atoms with van der Waals surface area (Å²) in [6.45, 7) is 2.82. The van der Waals surface area contributed by atoms with Gasteiger partial charge in [0.05, 0.1) is 18.8 Å². The van der Waals surface area contributed by atoms with E-state index < -0.39 is 0 Å². The fourth-order valence-corrected chi connectivity index (χ4v) is 1.82. The zero-order valence-corrected chi connectivity index (χ0v) is 12.1. The normalized spacial score (nSPS) is 10.3. The SMILES string of the molecule is CCOc1ccc(NCc2ccc(Br)cn2)cc1F. The number of nitrogens with one attached hydrogen (secondary N) is 1. The average Bonchev–Trinajstić information content (AvgIpc) is 2.41. The molecule has 0 spiro atoms. The highest BCUT2D eigenvalue weighted by molar-refractivity contribution is 9.10. The Morgan fingerprint density at radius 3 is 2.79 bits per heavy atom. The van der Waals surface area contributed by atoms with Gasteiger partial charge >= 0.3 is 0 Å². The van der Waals surface area contributed by atoms with Gasteiger partial charge in [-0.2, -0.15) is 0 Å². The van der Waals surface area contributed by atoms with Crippen LogP contribution in [0.5, 0.6) is 5.75 Å². The van der Waals surface area contributed by atoms with Crippen molar-refractivity contribution in [3.05, 3.63) is 52.5 Å².